The fourth-order valence-electron chi connectivity index (χ4n) is 7.76. The van der Waals surface area contributed by atoms with Crippen molar-refractivity contribution in [3.8, 4) is 67.5 Å². The summed E-state index contributed by atoms with van der Waals surface area (Å²) in [5.74, 6) is 1.77. The SMILES string of the molecule is c1ccc(-c2cccc(-c3nc(-c4cccc(-c5ccccc5)c4)nc(-c4ccc5c(c4)oc4cc(-c6cccc7c6oc6ccccc67)ccc45)n3)c2)cc1. The fourth-order valence-corrected chi connectivity index (χ4v) is 7.76. The third-order valence-corrected chi connectivity index (χ3v) is 10.5. The Labute approximate surface area is 322 Å². The summed E-state index contributed by atoms with van der Waals surface area (Å²) in [5, 5.41) is 4.28. The highest BCUT2D eigenvalue weighted by atomic mass is 16.3. The van der Waals surface area contributed by atoms with Crippen molar-refractivity contribution in [1.29, 1.82) is 0 Å². The van der Waals surface area contributed by atoms with Gasteiger partial charge in [0, 0.05) is 43.8 Å². The Hall–Kier alpha value is -7.63. The van der Waals surface area contributed by atoms with Crippen molar-refractivity contribution in [2.24, 2.45) is 0 Å². The molecule has 3 heterocycles. The molecular weight excluding hydrogens is 687 g/mol. The normalized spacial score (nSPS) is 11.6. The highest BCUT2D eigenvalue weighted by Crippen LogP contribution is 2.39. The number of benzene rings is 8. The monoisotopic (exact) mass is 717 g/mol. The standard InChI is InChI=1S/C51H31N3O2/c1-3-12-32(13-4-1)34-16-9-18-37(28-34)49-52-50(38-19-10-17-35(29-38)33-14-5-2-6-15-33)54-51(53-49)39-25-27-43-42-26-24-36(30-46(42)55-47(43)31-39)40-21-11-22-44-41-20-7-8-23-45(41)56-48(40)44/h1-31H. The zero-order valence-corrected chi connectivity index (χ0v) is 30.1. The number of fused-ring (bicyclic) bond motifs is 6. The number of hydrogen-bond donors (Lipinski definition) is 0. The van der Waals surface area contributed by atoms with E-state index in [1.54, 1.807) is 0 Å². The maximum absolute atomic E-state index is 6.61. The summed E-state index contributed by atoms with van der Waals surface area (Å²) in [6.45, 7) is 0. The maximum atomic E-state index is 6.61. The van der Waals surface area contributed by atoms with Gasteiger partial charge in [0.2, 0.25) is 0 Å². The van der Waals surface area contributed by atoms with Crippen LogP contribution >= 0.6 is 0 Å². The highest BCUT2D eigenvalue weighted by molar-refractivity contribution is 6.11. The number of nitrogens with zero attached hydrogens (tertiary/aromatic N) is 3. The summed E-state index contributed by atoms with van der Waals surface area (Å²) >= 11 is 0. The van der Waals surface area contributed by atoms with Crippen molar-refractivity contribution in [3.63, 3.8) is 0 Å². The first-order valence-electron chi connectivity index (χ1n) is 18.7. The van der Waals surface area contributed by atoms with Gasteiger partial charge < -0.3 is 8.83 Å². The van der Waals surface area contributed by atoms with Crippen molar-refractivity contribution >= 4 is 43.9 Å². The summed E-state index contributed by atoms with van der Waals surface area (Å²) in [5.41, 5.74) is 12.5. The first-order chi connectivity index (χ1) is 27.7. The number of rotatable bonds is 6. The summed E-state index contributed by atoms with van der Waals surface area (Å²) < 4.78 is 13.0. The van der Waals surface area contributed by atoms with E-state index < -0.39 is 0 Å². The third kappa shape index (κ3) is 5.53. The van der Waals surface area contributed by atoms with Gasteiger partial charge in [-0.25, -0.2) is 15.0 Å². The second-order valence-electron chi connectivity index (χ2n) is 14.0. The zero-order valence-electron chi connectivity index (χ0n) is 30.1. The minimum Gasteiger partial charge on any atom is -0.456 e. The van der Waals surface area contributed by atoms with Crippen LogP contribution in [0.2, 0.25) is 0 Å². The lowest BCUT2D eigenvalue weighted by Crippen LogP contribution is -2.00. The van der Waals surface area contributed by atoms with Gasteiger partial charge in [-0.3, -0.25) is 0 Å². The maximum Gasteiger partial charge on any atom is 0.164 e. The van der Waals surface area contributed by atoms with Crippen LogP contribution in [0, 0.1) is 0 Å². The third-order valence-electron chi connectivity index (χ3n) is 10.5. The molecule has 0 unspecified atom stereocenters. The van der Waals surface area contributed by atoms with Gasteiger partial charge in [0.25, 0.3) is 0 Å². The van der Waals surface area contributed by atoms with Crippen molar-refractivity contribution in [3.05, 3.63) is 188 Å². The van der Waals surface area contributed by atoms with Crippen molar-refractivity contribution in [2.75, 3.05) is 0 Å². The van der Waals surface area contributed by atoms with Gasteiger partial charge in [-0.05, 0) is 70.3 Å². The molecule has 11 aromatic rings. The fraction of sp³-hybridized carbons (Fsp3) is 0. The lowest BCUT2D eigenvalue weighted by Gasteiger charge is -2.10. The lowest BCUT2D eigenvalue weighted by atomic mass is 10.0. The number of para-hydroxylation sites is 2. The highest BCUT2D eigenvalue weighted by Gasteiger charge is 2.17. The minimum absolute atomic E-state index is 0.569. The quantitative estimate of drug-likeness (QED) is 0.171. The number of hydrogen-bond acceptors (Lipinski definition) is 5. The van der Waals surface area contributed by atoms with Crippen LogP contribution in [0.25, 0.3) is 111 Å². The molecule has 11 rings (SSSR count). The number of furan rings is 2. The molecule has 0 N–H and O–H groups in total. The van der Waals surface area contributed by atoms with Gasteiger partial charge in [0.15, 0.2) is 17.5 Å². The molecule has 0 aliphatic rings. The molecule has 0 bridgehead atoms. The van der Waals surface area contributed by atoms with Gasteiger partial charge in [0.1, 0.15) is 22.3 Å². The molecule has 0 radical (unpaired) electrons. The Morgan fingerprint density at radius 3 is 1.34 bits per heavy atom. The molecule has 0 aliphatic heterocycles. The smallest absolute Gasteiger partial charge is 0.164 e. The molecule has 3 aromatic heterocycles. The molecule has 0 fully saturated rings. The predicted molar refractivity (Wildman–Crippen MR) is 227 cm³/mol. The molecule has 262 valence electrons. The summed E-state index contributed by atoms with van der Waals surface area (Å²) in [6, 6.07) is 64.5. The predicted octanol–water partition coefficient (Wildman–Crippen LogP) is 13.7. The second-order valence-corrected chi connectivity index (χ2v) is 14.0. The van der Waals surface area contributed by atoms with Crippen LogP contribution in [-0.2, 0) is 0 Å². The summed E-state index contributed by atoms with van der Waals surface area (Å²) in [4.78, 5) is 15.3. The van der Waals surface area contributed by atoms with E-state index in [4.69, 9.17) is 23.8 Å². The molecule has 0 spiro atoms. The van der Waals surface area contributed by atoms with Gasteiger partial charge in [-0.2, -0.15) is 0 Å². The van der Waals surface area contributed by atoms with Crippen molar-refractivity contribution in [1.82, 2.24) is 15.0 Å². The van der Waals surface area contributed by atoms with Crippen LogP contribution in [0.1, 0.15) is 0 Å². The molecule has 5 heteroatoms. The molecule has 0 atom stereocenters. The molecular formula is C51H31N3O2. The molecule has 0 saturated carbocycles. The minimum atomic E-state index is 0.569. The number of aromatic nitrogens is 3. The van der Waals surface area contributed by atoms with Crippen molar-refractivity contribution < 1.29 is 8.83 Å². The summed E-state index contributed by atoms with van der Waals surface area (Å²) in [6.07, 6.45) is 0. The zero-order chi connectivity index (χ0) is 37.0. The Morgan fingerprint density at radius 2 is 0.714 bits per heavy atom. The average Bonchev–Trinajstić information content (AvgIpc) is 3.85. The van der Waals surface area contributed by atoms with Crippen LogP contribution in [0.15, 0.2) is 197 Å². The van der Waals surface area contributed by atoms with E-state index >= 15 is 0 Å². The van der Waals surface area contributed by atoms with E-state index in [0.29, 0.717) is 17.5 Å². The van der Waals surface area contributed by atoms with E-state index in [1.165, 1.54) is 0 Å². The van der Waals surface area contributed by atoms with Gasteiger partial charge in [-0.15, -0.1) is 0 Å². The van der Waals surface area contributed by atoms with Crippen LogP contribution in [0.3, 0.4) is 0 Å². The van der Waals surface area contributed by atoms with E-state index in [2.05, 4.69) is 152 Å². The van der Waals surface area contributed by atoms with E-state index in [1.807, 2.05) is 36.4 Å². The van der Waals surface area contributed by atoms with Crippen LogP contribution in [0.5, 0.6) is 0 Å². The Kier molecular flexibility index (Phi) is 7.42. The van der Waals surface area contributed by atoms with Gasteiger partial charge in [-0.1, -0.05) is 146 Å². The van der Waals surface area contributed by atoms with Gasteiger partial charge >= 0.3 is 0 Å². The summed E-state index contributed by atoms with van der Waals surface area (Å²) in [7, 11) is 0. The molecule has 5 nitrogen and oxygen atoms in total. The van der Waals surface area contributed by atoms with Gasteiger partial charge in [0.05, 0.1) is 0 Å². The Morgan fingerprint density at radius 1 is 0.268 bits per heavy atom. The largest absolute Gasteiger partial charge is 0.456 e. The van der Waals surface area contributed by atoms with Crippen LogP contribution in [0.4, 0.5) is 0 Å². The second kappa shape index (κ2) is 13.0. The molecule has 0 amide bonds. The Bertz CT molecular complexity index is 3150. The van der Waals surface area contributed by atoms with Crippen LogP contribution < -0.4 is 0 Å². The Balaban J connectivity index is 1.04. The van der Waals surface area contributed by atoms with E-state index in [0.717, 1.165) is 93.9 Å². The topological polar surface area (TPSA) is 65.0 Å². The molecule has 0 saturated heterocycles. The average molecular weight is 718 g/mol. The molecule has 56 heavy (non-hydrogen) atoms. The molecule has 8 aromatic carbocycles. The first-order valence-corrected chi connectivity index (χ1v) is 18.7. The first kappa shape index (κ1) is 31.9. The van der Waals surface area contributed by atoms with E-state index in [-0.39, 0.29) is 0 Å². The van der Waals surface area contributed by atoms with E-state index in [9.17, 15) is 0 Å². The van der Waals surface area contributed by atoms with Crippen molar-refractivity contribution in [2.45, 2.75) is 0 Å². The lowest BCUT2D eigenvalue weighted by molar-refractivity contribution is 0.668. The molecule has 0 aliphatic carbocycles. The van der Waals surface area contributed by atoms with Crippen LogP contribution in [-0.4, -0.2) is 15.0 Å².